The number of benzene rings is 1. The second kappa shape index (κ2) is 3.93. The fraction of sp³-hybridized carbons (Fsp3) is 0.300. The van der Waals surface area contributed by atoms with Crippen LogP contribution in [0, 0.1) is 5.21 Å². The van der Waals surface area contributed by atoms with Gasteiger partial charge in [0.2, 0.25) is 0 Å². The van der Waals surface area contributed by atoms with E-state index >= 15 is 0 Å². The molecule has 1 aromatic carbocycles. The molecule has 92 valence electrons. The third kappa shape index (κ3) is 1.47. The fourth-order valence-corrected chi connectivity index (χ4v) is 1.69. The maximum absolute atomic E-state index is 11.7. The molecule has 0 atom stereocenters. The van der Waals surface area contributed by atoms with Crippen LogP contribution in [0.25, 0.3) is 10.9 Å². The summed E-state index contributed by atoms with van der Waals surface area (Å²) in [6.07, 6.45) is 0. The molecule has 0 aliphatic carbocycles. The molecule has 0 bridgehead atoms. The van der Waals surface area contributed by atoms with Crippen molar-refractivity contribution in [1.82, 2.24) is 4.85 Å². The van der Waals surface area contributed by atoms with Crippen LogP contribution in [0.1, 0.15) is 0 Å². The predicted octanol–water partition coefficient (Wildman–Crippen LogP) is 0.538. The first-order chi connectivity index (χ1) is 8.13. The number of ether oxygens (including phenoxy) is 3. The van der Waals surface area contributed by atoms with E-state index in [-0.39, 0.29) is 11.4 Å². The molecule has 17 heavy (non-hydrogen) atoms. The Morgan fingerprint density at radius 1 is 1.18 bits per heavy atom. The molecule has 0 spiro atoms. The molecule has 0 aliphatic rings. The van der Waals surface area contributed by atoms with Crippen molar-refractivity contribution in [2.45, 2.75) is 0 Å². The van der Waals surface area contributed by atoms with E-state index < -0.39 is 0 Å². The second-order valence-electron chi connectivity index (χ2n) is 3.30. The highest BCUT2D eigenvalue weighted by Crippen LogP contribution is 2.35. The SMILES string of the molecule is COc1cc(OC)c2c(OC)n(O)[n+]([O-])c2c1. The van der Waals surface area contributed by atoms with Crippen LogP contribution >= 0.6 is 0 Å². The van der Waals surface area contributed by atoms with Crippen molar-refractivity contribution in [3.8, 4) is 17.4 Å². The highest BCUT2D eigenvalue weighted by molar-refractivity contribution is 5.89. The van der Waals surface area contributed by atoms with E-state index in [0.717, 1.165) is 0 Å². The summed E-state index contributed by atoms with van der Waals surface area (Å²) in [7, 11) is 4.28. The molecule has 0 fully saturated rings. The summed E-state index contributed by atoms with van der Waals surface area (Å²) < 4.78 is 15.1. The molecule has 0 radical (unpaired) electrons. The lowest BCUT2D eigenvalue weighted by Crippen LogP contribution is -2.36. The molecule has 7 nitrogen and oxygen atoms in total. The van der Waals surface area contributed by atoms with E-state index in [1.54, 1.807) is 6.07 Å². The average Bonchev–Trinajstić information content (AvgIpc) is 2.61. The van der Waals surface area contributed by atoms with Crippen molar-refractivity contribution >= 4 is 10.9 Å². The molecule has 0 unspecified atom stereocenters. The molecule has 1 N–H and O–H groups in total. The molecule has 2 aromatic rings. The van der Waals surface area contributed by atoms with Crippen LogP contribution < -0.4 is 19.1 Å². The highest BCUT2D eigenvalue weighted by Gasteiger charge is 2.26. The van der Waals surface area contributed by atoms with E-state index in [2.05, 4.69) is 0 Å². The lowest BCUT2D eigenvalue weighted by Gasteiger charge is -2.03. The summed E-state index contributed by atoms with van der Waals surface area (Å²) in [5.41, 5.74) is 0.195. The quantitative estimate of drug-likeness (QED) is 0.481. The monoisotopic (exact) mass is 240 g/mol. The predicted molar refractivity (Wildman–Crippen MR) is 57.7 cm³/mol. The Bertz CT molecular complexity index is 564. The normalized spacial score (nSPS) is 10.5. The minimum absolute atomic E-state index is 0.00880. The van der Waals surface area contributed by atoms with Gasteiger partial charge >= 0.3 is 5.88 Å². The van der Waals surface area contributed by atoms with Crippen molar-refractivity contribution in [2.24, 2.45) is 0 Å². The van der Waals surface area contributed by atoms with Gasteiger partial charge in [0.1, 0.15) is 11.5 Å². The molecule has 7 heteroatoms. The number of fused-ring (bicyclic) bond motifs is 1. The van der Waals surface area contributed by atoms with E-state index in [4.69, 9.17) is 14.2 Å². The van der Waals surface area contributed by atoms with Crippen molar-refractivity contribution in [3.05, 3.63) is 17.3 Å². The number of rotatable bonds is 3. The summed E-state index contributed by atoms with van der Waals surface area (Å²) in [5.74, 6) is 0.843. The Balaban J connectivity index is 2.89. The first-order valence-corrected chi connectivity index (χ1v) is 4.77. The molecule has 0 saturated heterocycles. The van der Waals surface area contributed by atoms with Crippen LogP contribution in [0.5, 0.6) is 17.4 Å². The van der Waals surface area contributed by atoms with Gasteiger partial charge in [-0.25, -0.2) is 0 Å². The van der Waals surface area contributed by atoms with Gasteiger partial charge in [-0.3, -0.25) is 0 Å². The lowest BCUT2D eigenvalue weighted by atomic mass is 10.2. The first-order valence-electron chi connectivity index (χ1n) is 4.77. The van der Waals surface area contributed by atoms with Crippen LogP contribution in [-0.2, 0) is 0 Å². The van der Waals surface area contributed by atoms with Gasteiger partial charge in [-0.2, -0.15) is 0 Å². The third-order valence-electron chi connectivity index (χ3n) is 2.48. The van der Waals surface area contributed by atoms with Crippen LogP contribution in [0.4, 0.5) is 0 Å². The van der Waals surface area contributed by atoms with E-state index in [9.17, 15) is 10.4 Å². The number of methoxy groups -OCH3 is 3. The molecule has 2 rings (SSSR count). The Hall–Kier alpha value is -2.31. The number of hydrogen-bond donors (Lipinski definition) is 1. The molecule has 0 aliphatic heterocycles. The Morgan fingerprint density at radius 2 is 1.88 bits per heavy atom. The van der Waals surface area contributed by atoms with Gasteiger partial charge in [0, 0.05) is 6.07 Å². The van der Waals surface area contributed by atoms with Crippen molar-refractivity contribution in [3.63, 3.8) is 0 Å². The van der Waals surface area contributed by atoms with Crippen LogP contribution in [-0.4, -0.2) is 31.4 Å². The first kappa shape index (κ1) is 11.2. The summed E-state index contributed by atoms with van der Waals surface area (Å²) in [6, 6.07) is 3.09. The second-order valence-corrected chi connectivity index (χ2v) is 3.30. The Labute approximate surface area is 96.9 Å². The van der Waals surface area contributed by atoms with Gasteiger partial charge in [-0.15, -0.1) is 0 Å². The molecule has 0 saturated carbocycles. The van der Waals surface area contributed by atoms with Crippen molar-refractivity contribution in [1.29, 1.82) is 0 Å². The van der Waals surface area contributed by atoms with E-state index in [1.807, 2.05) is 0 Å². The zero-order chi connectivity index (χ0) is 12.6. The molecule has 0 amide bonds. The van der Waals surface area contributed by atoms with Gasteiger partial charge < -0.3 is 24.6 Å². The summed E-state index contributed by atoms with van der Waals surface area (Å²) in [6.45, 7) is 0. The standard InChI is InChI=1S/C10H12N2O5/c1-15-6-4-7-9(8(5-6)16-2)10(17-3)12(14)11(7)13/h4-5,14H,1-3H3. The van der Waals surface area contributed by atoms with Gasteiger partial charge in [-0.1, -0.05) is 0 Å². The van der Waals surface area contributed by atoms with Crippen LogP contribution in [0.2, 0.25) is 0 Å². The minimum atomic E-state index is 0.00880. The highest BCUT2D eigenvalue weighted by atomic mass is 16.6. The summed E-state index contributed by atoms with van der Waals surface area (Å²) in [5, 5.41) is 21.6. The van der Waals surface area contributed by atoms with Crippen molar-refractivity contribution in [2.75, 3.05) is 21.3 Å². The van der Waals surface area contributed by atoms with Crippen LogP contribution in [0.3, 0.4) is 0 Å². The zero-order valence-corrected chi connectivity index (χ0v) is 9.63. The molecule has 1 heterocycles. The fourth-order valence-electron chi connectivity index (χ4n) is 1.69. The molecular formula is C10H12N2O5. The van der Waals surface area contributed by atoms with Crippen LogP contribution in [0.15, 0.2) is 12.1 Å². The number of aromatic nitrogens is 2. The largest absolute Gasteiger partial charge is 0.593 e. The van der Waals surface area contributed by atoms with E-state index in [1.165, 1.54) is 27.4 Å². The minimum Gasteiger partial charge on any atom is -0.593 e. The maximum atomic E-state index is 11.7. The Kier molecular flexibility index (Phi) is 2.58. The lowest BCUT2D eigenvalue weighted by molar-refractivity contribution is -0.703. The van der Waals surface area contributed by atoms with E-state index in [0.29, 0.717) is 26.6 Å². The smallest absolute Gasteiger partial charge is 0.310 e. The van der Waals surface area contributed by atoms with Gasteiger partial charge in [0.25, 0.3) is 5.52 Å². The number of nitrogens with zero attached hydrogens (tertiary/aromatic N) is 2. The summed E-state index contributed by atoms with van der Waals surface area (Å²) in [4.78, 5) is 0.659. The van der Waals surface area contributed by atoms with Gasteiger partial charge in [0.15, 0.2) is 5.39 Å². The van der Waals surface area contributed by atoms with Crippen molar-refractivity contribution < 1.29 is 24.3 Å². The Morgan fingerprint density at radius 3 is 2.41 bits per heavy atom. The molecular weight excluding hydrogens is 228 g/mol. The van der Waals surface area contributed by atoms with Gasteiger partial charge in [-0.05, 0) is 4.85 Å². The third-order valence-corrected chi connectivity index (χ3v) is 2.48. The molecule has 1 aromatic heterocycles. The zero-order valence-electron chi connectivity index (χ0n) is 9.63. The van der Waals surface area contributed by atoms with Gasteiger partial charge in [0.05, 0.1) is 32.2 Å². The maximum Gasteiger partial charge on any atom is 0.310 e. The summed E-state index contributed by atoms with van der Waals surface area (Å²) >= 11 is 0. The number of hydrogen-bond acceptors (Lipinski definition) is 5. The topological polar surface area (TPSA) is 79.8 Å². The average molecular weight is 240 g/mol.